The van der Waals surface area contributed by atoms with Crippen molar-refractivity contribution in [3.05, 3.63) is 11.8 Å². The van der Waals surface area contributed by atoms with Gasteiger partial charge in [0.25, 0.3) is 0 Å². The maximum atomic E-state index is 11.6. The van der Waals surface area contributed by atoms with Gasteiger partial charge in [0.15, 0.2) is 0 Å². The van der Waals surface area contributed by atoms with Gasteiger partial charge in [-0.2, -0.15) is 4.98 Å². The molecule has 0 aliphatic heterocycles. The van der Waals surface area contributed by atoms with Crippen molar-refractivity contribution in [1.82, 2.24) is 14.7 Å². The molecule has 0 aliphatic rings. The number of sulfonamides is 1. The van der Waals surface area contributed by atoms with Gasteiger partial charge in [0.2, 0.25) is 16.0 Å². The lowest BCUT2D eigenvalue weighted by Gasteiger charge is -2.14. The molecule has 0 amide bonds. The highest BCUT2D eigenvalue weighted by molar-refractivity contribution is 7.89. The van der Waals surface area contributed by atoms with Crippen LogP contribution in [-0.2, 0) is 10.0 Å². The first-order chi connectivity index (χ1) is 9.84. The van der Waals surface area contributed by atoms with Crippen LogP contribution in [0.25, 0.3) is 0 Å². The minimum Gasteiger partial charge on any atom is -0.363 e. The number of unbranched alkanes of at least 4 members (excludes halogenated alkanes) is 1. The van der Waals surface area contributed by atoms with Crippen molar-refractivity contribution in [3.63, 3.8) is 0 Å². The number of anilines is 2. The van der Waals surface area contributed by atoms with E-state index in [9.17, 15) is 8.42 Å². The van der Waals surface area contributed by atoms with Crippen molar-refractivity contribution in [2.45, 2.75) is 26.7 Å². The molecule has 0 unspecified atom stereocenters. The Morgan fingerprint density at radius 1 is 1.24 bits per heavy atom. The van der Waals surface area contributed by atoms with Crippen molar-refractivity contribution in [1.29, 1.82) is 0 Å². The number of nitrogens with zero attached hydrogens (tertiary/aromatic N) is 3. The molecule has 0 radical (unpaired) electrons. The number of hydrogen-bond acceptors (Lipinski definition) is 6. The normalized spacial score (nSPS) is 11.4. The van der Waals surface area contributed by atoms with Crippen LogP contribution in [-0.4, -0.2) is 51.3 Å². The van der Waals surface area contributed by atoms with Gasteiger partial charge in [-0.15, -0.1) is 0 Å². The van der Waals surface area contributed by atoms with Crippen LogP contribution < -0.4 is 14.9 Å². The van der Waals surface area contributed by atoms with E-state index in [0.29, 0.717) is 25.5 Å². The zero-order chi connectivity index (χ0) is 15.9. The van der Waals surface area contributed by atoms with E-state index < -0.39 is 10.0 Å². The van der Waals surface area contributed by atoms with Gasteiger partial charge in [-0.3, -0.25) is 0 Å². The number of hydrogen-bond donors (Lipinski definition) is 2. The largest absolute Gasteiger partial charge is 0.363 e. The third kappa shape index (κ3) is 6.72. The van der Waals surface area contributed by atoms with Crippen LogP contribution in [0.15, 0.2) is 6.07 Å². The molecular weight excluding hydrogens is 290 g/mol. The molecule has 0 saturated heterocycles. The van der Waals surface area contributed by atoms with Gasteiger partial charge in [-0.05, 0) is 13.3 Å². The summed E-state index contributed by atoms with van der Waals surface area (Å²) in [6.45, 7) is 4.63. The van der Waals surface area contributed by atoms with Gasteiger partial charge in [0, 0.05) is 38.9 Å². The lowest BCUT2D eigenvalue weighted by atomic mass is 10.4. The molecule has 8 heteroatoms. The Balaban J connectivity index is 2.46. The van der Waals surface area contributed by atoms with E-state index >= 15 is 0 Å². The summed E-state index contributed by atoms with van der Waals surface area (Å²) in [5, 5.41) is 3.03. The maximum absolute atomic E-state index is 11.6. The van der Waals surface area contributed by atoms with Gasteiger partial charge in [-0.1, -0.05) is 13.3 Å². The van der Waals surface area contributed by atoms with Gasteiger partial charge in [-0.25, -0.2) is 18.1 Å². The second-order valence-corrected chi connectivity index (χ2v) is 7.01. The predicted molar refractivity (Wildman–Crippen MR) is 86.3 cm³/mol. The fourth-order valence-corrected chi connectivity index (χ4v) is 2.87. The lowest BCUT2D eigenvalue weighted by Crippen LogP contribution is -2.31. The van der Waals surface area contributed by atoms with Crippen LogP contribution in [0.3, 0.4) is 0 Å². The minimum atomic E-state index is -3.17. The van der Waals surface area contributed by atoms with E-state index in [1.807, 2.05) is 38.9 Å². The first-order valence-electron chi connectivity index (χ1n) is 7.08. The van der Waals surface area contributed by atoms with E-state index in [1.54, 1.807) is 0 Å². The monoisotopic (exact) mass is 315 g/mol. The fraction of sp³-hybridized carbons (Fsp3) is 0.692. The van der Waals surface area contributed by atoms with Crippen molar-refractivity contribution in [2.75, 3.05) is 43.2 Å². The molecule has 0 saturated carbocycles. The summed E-state index contributed by atoms with van der Waals surface area (Å²) in [6, 6.07) is 1.89. The van der Waals surface area contributed by atoms with Crippen LogP contribution in [0, 0.1) is 6.92 Å². The third-order valence-corrected chi connectivity index (χ3v) is 4.27. The zero-order valence-electron chi connectivity index (χ0n) is 13.2. The van der Waals surface area contributed by atoms with Crippen molar-refractivity contribution in [2.24, 2.45) is 0 Å². The Kier molecular flexibility index (Phi) is 6.83. The van der Waals surface area contributed by atoms with Gasteiger partial charge >= 0.3 is 0 Å². The molecule has 0 aliphatic carbocycles. The second kappa shape index (κ2) is 8.14. The lowest BCUT2D eigenvalue weighted by molar-refractivity contribution is 0.579. The third-order valence-electron chi connectivity index (χ3n) is 2.80. The first-order valence-corrected chi connectivity index (χ1v) is 8.73. The smallest absolute Gasteiger partial charge is 0.224 e. The molecule has 0 fully saturated rings. The highest BCUT2D eigenvalue weighted by Crippen LogP contribution is 2.11. The Bertz CT molecular complexity index is 545. The Morgan fingerprint density at radius 2 is 1.95 bits per heavy atom. The van der Waals surface area contributed by atoms with E-state index in [2.05, 4.69) is 20.0 Å². The van der Waals surface area contributed by atoms with E-state index in [4.69, 9.17) is 0 Å². The molecule has 0 aromatic carbocycles. The average molecular weight is 315 g/mol. The van der Waals surface area contributed by atoms with Crippen LogP contribution in [0.5, 0.6) is 0 Å². The Morgan fingerprint density at radius 3 is 2.57 bits per heavy atom. The zero-order valence-corrected chi connectivity index (χ0v) is 14.0. The number of nitrogens with one attached hydrogen (secondary N) is 2. The molecule has 120 valence electrons. The molecule has 2 N–H and O–H groups in total. The van der Waals surface area contributed by atoms with Crippen LogP contribution in [0.1, 0.15) is 25.5 Å². The standard InChI is InChI=1S/C13H25N5O2S/c1-5-6-9-21(19,20)15-8-7-14-13-16-11(2)10-12(17-13)18(3)4/h10,15H,5-9H2,1-4H3,(H,14,16,17). The van der Waals surface area contributed by atoms with Gasteiger partial charge in [0.05, 0.1) is 5.75 Å². The minimum absolute atomic E-state index is 0.176. The summed E-state index contributed by atoms with van der Waals surface area (Å²) < 4.78 is 25.8. The average Bonchev–Trinajstić information content (AvgIpc) is 2.41. The molecule has 1 heterocycles. The molecule has 1 aromatic rings. The Labute approximate surface area is 127 Å². The Hall–Kier alpha value is -1.41. The highest BCUT2D eigenvalue weighted by Gasteiger charge is 2.08. The van der Waals surface area contributed by atoms with Gasteiger partial charge in [0.1, 0.15) is 5.82 Å². The number of aromatic nitrogens is 2. The molecule has 21 heavy (non-hydrogen) atoms. The van der Waals surface area contributed by atoms with Crippen LogP contribution in [0.2, 0.25) is 0 Å². The molecule has 0 bridgehead atoms. The molecule has 0 atom stereocenters. The quantitative estimate of drug-likeness (QED) is 0.661. The van der Waals surface area contributed by atoms with Crippen molar-refractivity contribution < 1.29 is 8.42 Å². The van der Waals surface area contributed by atoms with E-state index in [1.165, 1.54) is 0 Å². The maximum Gasteiger partial charge on any atom is 0.224 e. The first kappa shape index (κ1) is 17.6. The summed E-state index contributed by atoms with van der Waals surface area (Å²) in [5.74, 6) is 1.50. The predicted octanol–water partition coefficient (Wildman–Crippen LogP) is 0.982. The second-order valence-electron chi connectivity index (χ2n) is 5.08. The van der Waals surface area contributed by atoms with Crippen LogP contribution >= 0.6 is 0 Å². The summed E-state index contributed by atoms with van der Waals surface area (Å²) in [7, 11) is 0.653. The molecular formula is C13H25N5O2S. The topological polar surface area (TPSA) is 87.2 Å². The van der Waals surface area contributed by atoms with E-state index in [0.717, 1.165) is 17.9 Å². The number of aryl methyl sites for hydroxylation is 1. The SMILES string of the molecule is CCCCS(=O)(=O)NCCNc1nc(C)cc(N(C)C)n1. The van der Waals surface area contributed by atoms with Crippen molar-refractivity contribution >= 4 is 21.8 Å². The van der Waals surface area contributed by atoms with E-state index in [-0.39, 0.29) is 5.75 Å². The molecule has 0 spiro atoms. The molecule has 1 rings (SSSR count). The van der Waals surface area contributed by atoms with Crippen molar-refractivity contribution in [3.8, 4) is 0 Å². The highest BCUT2D eigenvalue weighted by atomic mass is 32.2. The molecule has 1 aromatic heterocycles. The van der Waals surface area contributed by atoms with Gasteiger partial charge < -0.3 is 10.2 Å². The number of rotatable bonds is 9. The summed E-state index contributed by atoms with van der Waals surface area (Å²) in [6.07, 6.45) is 1.54. The fourth-order valence-electron chi connectivity index (χ4n) is 1.65. The summed E-state index contributed by atoms with van der Waals surface area (Å²) in [4.78, 5) is 10.5. The van der Waals surface area contributed by atoms with Crippen LogP contribution in [0.4, 0.5) is 11.8 Å². The molecule has 7 nitrogen and oxygen atoms in total. The summed E-state index contributed by atoms with van der Waals surface area (Å²) in [5.41, 5.74) is 0.861. The summed E-state index contributed by atoms with van der Waals surface area (Å²) >= 11 is 0.